The summed E-state index contributed by atoms with van der Waals surface area (Å²) in [4.78, 5) is 26.9. The van der Waals surface area contributed by atoms with Gasteiger partial charge in [-0.05, 0) is 54.3 Å². The van der Waals surface area contributed by atoms with Crippen LogP contribution in [0.1, 0.15) is 30.0 Å². The first-order valence-corrected chi connectivity index (χ1v) is 12.5. The van der Waals surface area contributed by atoms with Gasteiger partial charge in [0.1, 0.15) is 23.1 Å². The third-order valence-corrected chi connectivity index (χ3v) is 7.33. The Morgan fingerprint density at radius 1 is 1.14 bits per heavy atom. The number of nitrogens with zero attached hydrogens (tertiary/aromatic N) is 4. The molecular formula is C28H28N6O3. The number of hydrogen-bond donors (Lipinski definition) is 2. The monoisotopic (exact) mass is 496 g/mol. The van der Waals surface area contributed by atoms with Gasteiger partial charge in [0.25, 0.3) is 5.56 Å². The standard InChI is InChI=1S/C28H28N6O3/c1-2-23(35)33-13-5-8-20(16-33)34-26-24(27(29)30-31-28(26)36)25(32-34)17-9-11-21(12-10-17)37-22-14-18-6-3-4-7-19(18)15-22/h2-4,6-7,9-12,20,22H,1,5,8,13-16H2,(H2,29,30)(H,31,36). The molecular weight excluding hydrogens is 468 g/mol. The second-order valence-electron chi connectivity index (χ2n) is 9.68. The molecule has 37 heavy (non-hydrogen) atoms. The van der Waals surface area contributed by atoms with Gasteiger partial charge in [-0.3, -0.25) is 14.3 Å². The highest BCUT2D eigenvalue weighted by molar-refractivity contribution is 5.99. The van der Waals surface area contributed by atoms with Crippen molar-refractivity contribution >= 4 is 22.6 Å². The molecule has 0 saturated carbocycles. The molecule has 2 aliphatic rings. The number of piperidine rings is 1. The molecule has 0 bridgehead atoms. The number of aromatic nitrogens is 4. The maximum Gasteiger partial charge on any atom is 0.290 e. The van der Waals surface area contributed by atoms with Gasteiger partial charge in [0.15, 0.2) is 5.82 Å². The second kappa shape index (κ2) is 9.24. The summed E-state index contributed by atoms with van der Waals surface area (Å²) in [5.41, 5.74) is 10.3. The molecule has 3 heterocycles. The average molecular weight is 497 g/mol. The van der Waals surface area contributed by atoms with E-state index in [1.54, 1.807) is 9.58 Å². The third kappa shape index (κ3) is 4.16. The van der Waals surface area contributed by atoms with Crippen LogP contribution in [-0.4, -0.2) is 50.0 Å². The molecule has 6 rings (SSSR count). The number of anilines is 1. The lowest BCUT2D eigenvalue weighted by molar-refractivity contribution is -0.127. The number of likely N-dealkylation sites (tertiary alicyclic amines) is 1. The number of amides is 1. The number of rotatable bonds is 5. The number of hydrogen-bond acceptors (Lipinski definition) is 6. The van der Waals surface area contributed by atoms with Gasteiger partial charge in [-0.1, -0.05) is 30.8 Å². The molecule has 0 radical (unpaired) electrons. The number of nitrogen functional groups attached to an aromatic ring is 1. The predicted octanol–water partition coefficient (Wildman–Crippen LogP) is 3.26. The molecule has 1 amide bonds. The highest BCUT2D eigenvalue weighted by Gasteiger charge is 2.29. The SMILES string of the molecule is C=CC(=O)N1CCCC(n2nc(-c3ccc(OC4Cc5ccccc5C4)cc3)c3c(N)n[nH]c(=O)c32)C1. The first-order chi connectivity index (χ1) is 18.0. The minimum Gasteiger partial charge on any atom is -0.490 e. The summed E-state index contributed by atoms with van der Waals surface area (Å²) in [6.45, 7) is 4.70. The number of H-pyrrole nitrogens is 1. The lowest BCUT2D eigenvalue weighted by Gasteiger charge is -2.32. The van der Waals surface area contributed by atoms with E-state index in [-0.39, 0.29) is 29.4 Å². The predicted molar refractivity (Wildman–Crippen MR) is 141 cm³/mol. The Bertz CT molecular complexity index is 1530. The topological polar surface area (TPSA) is 119 Å². The summed E-state index contributed by atoms with van der Waals surface area (Å²) >= 11 is 0. The van der Waals surface area contributed by atoms with Crippen LogP contribution in [0.3, 0.4) is 0 Å². The molecule has 0 spiro atoms. The van der Waals surface area contributed by atoms with E-state index in [0.717, 1.165) is 37.0 Å². The van der Waals surface area contributed by atoms with Crippen molar-refractivity contribution < 1.29 is 9.53 Å². The van der Waals surface area contributed by atoms with E-state index in [1.807, 2.05) is 24.3 Å². The number of fused-ring (bicyclic) bond motifs is 2. The largest absolute Gasteiger partial charge is 0.490 e. The molecule has 4 aromatic rings. The Morgan fingerprint density at radius 3 is 2.57 bits per heavy atom. The molecule has 9 nitrogen and oxygen atoms in total. The van der Waals surface area contributed by atoms with E-state index in [1.165, 1.54) is 17.2 Å². The van der Waals surface area contributed by atoms with Crippen molar-refractivity contribution in [1.29, 1.82) is 0 Å². The van der Waals surface area contributed by atoms with Crippen LogP contribution in [-0.2, 0) is 17.6 Å². The third-order valence-electron chi connectivity index (χ3n) is 7.33. The van der Waals surface area contributed by atoms with Crippen LogP contribution in [0, 0.1) is 0 Å². The fraction of sp³-hybridized carbons (Fsp3) is 0.286. The number of aromatic amines is 1. The highest BCUT2D eigenvalue weighted by atomic mass is 16.5. The summed E-state index contributed by atoms with van der Waals surface area (Å²) in [5.74, 6) is 0.854. The molecule has 1 saturated heterocycles. The summed E-state index contributed by atoms with van der Waals surface area (Å²) in [6.07, 6.45) is 4.80. The van der Waals surface area contributed by atoms with Crippen LogP contribution in [0.2, 0.25) is 0 Å². The molecule has 1 aliphatic carbocycles. The van der Waals surface area contributed by atoms with Gasteiger partial charge in [-0.15, -0.1) is 0 Å². The van der Waals surface area contributed by atoms with E-state index in [9.17, 15) is 9.59 Å². The van der Waals surface area contributed by atoms with Crippen LogP contribution >= 0.6 is 0 Å². The number of carbonyl (C=O) groups excluding carboxylic acids is 1. The van der Waals surface area contributed by atoms with Crippen LogP contribution in [0.15, 0.2) is 66.0 Å². The van der Waals surface area contributed by atoms with Crippen molar-refractivity contribution in [2.45, 2.75) is 37.8 Å². The van der Waals surface area contributed by atoms with Crippen LogP contribution < -0.4 is 16.0 Å². The molecule has 1 fully saturated rings. The summed E-state index contributed by atoms with van der Waals surface area (Å²) < 4.78 is 7.97. The Balaban J connectivity index is 1.31. The second-order valence-corrected chi connectivity index (χ2v) is 9.68. The zero-order valence-electron chi connectivity index (χ0n) is 20.4. The van der Waals surface area contributed by atoms with Crippen LogP contribution in [0.25, 0.3) is 22.2 Å². The first-order valence-electron chi connectivity index (χ1n) is 12.5. The maximum absolute atomic E-state index is 12.9. The van der Waals surface area contributed by atoms with Crippen molar-refractivity contribution in [2.75, 3.05) is 18.8 Å². The number of nitrogens with one attached hydrogen (secondary N) is 1. The van der Waals surface area contributed by atoms with E-state index in [2.05, 4.69) is 41.0 Å². The summed E-state index contributed by atoms with van der Waals surface area (Å²) in [6, 6.07) is 16.0. The molecule has 2 aromatic carbocycles. The molecule has 2 aromatic heterocycles. The lowest BCUT2D eigenvalue weighted by atomic mass is 10.1. The van der Waals surface area contributed by atoms with E-state index in [0.29, 0.717) is 29.7 Å². The average Bonchev–Trinajstić information content (AvgIpc) is 3.53. The van der Waals surface area contributed by atoms with Crippen LogP contribution in [0.5, 0.6) is 5.75 Å². The van der Waals surface area contributed by atoms with Gasteiger partial charge in [-0.2, -0.15) is 10.2 Å². The van der Waals surface area contributed by atoms with Crippen molar-refractivity contribution in [1.82, 2.24) is 24.9 Å². The van der Waals surface area contributed by atoms with Gasteiger partial charge < -0.3 is 15.4 Å². The number of ether oxygens (including phenoxy) is 1. The first kappa shape index (κ1) is 23.0. The minimum absolute atomic E-state index is 0.106. The fourth-order valence-corrected chi connectivity index (χ4v) is 5.55. The van der Waals surface area contributed by atoms with E-state index >= 15 is 0 Å². The Labute approximate surface area is 213 Å². The van der Waals surface area contributed by atoms with E-state index < -0.39 is 0 Å². The maximum atomic E-state index is 12.9. The summed E-state index contributed by atoms with van der Waals surface area (Å²) in [7, 11) is 0. The Morgan fingerprint density at radius 2 is 1.86 bits per heavy atom. The van der Waals surface area contributed by atoms with Gasteiger partial charge in [-0.25, -0.2) is 5.10 Å². The smallest absolute Gasteiger partial charge is 0.290 e. The Hall–Kier alpha value is -4.40. The molecule has 1 unspecified atom stereocenters. The quantitative estimate of drug-likeness (QED) is 0.410. The number of carbonyl (C=O) groups is 1. The van der Waals surface area contributed by atoms with Crippen molar-refractivity contribution in [2.24, 2.45) is 0 Å². The zero-order valence-corrected chi connectivity index (χ0v) is 20.4. The summed E-state index contributed by atoms with van der Waals surface area (Å²) in [5, 5.41) is 11.8. The van der Waals surface area contributed by atoms with Gasteiger partial charge >= 0.3 is 0 Å². The van der Waals surface area contributed by atoms with Crippen molar-refractivity contribution in [3.63, 3.8) is 0 Å². The normalized spacial score (nSPS) is 17.6. The zero-order chi connectivity index (χ0) is 25.5. The Kier molecular flexibility index (Phi) is 5.75. The minimum atomic E-state index is -0.365. The molecule has 9 heteroatoms. The van der Waals surface area contributed by atoms with Crippen LogP contribution in [0.4, 0.5) is 5.82 Å². The molecule has 1 atom stereocenters. The molecule has 188 valence electrons. The van der Waals surface area contributed by atoms with Gasteiger partial charge in [0.2, 0.25) is 5.91 Å². The molecule has 3 N–H and O–H groups in total. The highest BCUT2D eigenvalue weighted by Crippen LogP contribution is 2.34. The van der Waals surface area contributed by atoms with Crippen molar-refractivity contribution in [3.8, 4) is 17.0 Å². The van der Waals surface area contributed by atoms with Crippen molar-refractivity contribution in [3.05, 3.63) is 82.7 Å². The lowest BCUT2D eigenvalue weighted by Crippen LogP contribution is -2.40. The number of nitrogens with two attached hydrogens (primary N) is 1. The fourth-order valence-electron chi connectivity index (χ4n) is 5.55. The van der Waals surface area contributed by atoms with E-state index in [4.69, 9.17) is 15.6 Å². The van der Waals surface area contributed by atoms with Gasteiger partial charge in [0.05, 0.1) is 11.4 Å². The molecule has 1 aliphatic heterocycles. The van der Waals surface area contributed by atoms with Gasteiger partial charge in [0, 0.05) is 31.5 Å². The number of benzene rings is 2.